The van der Waals surface area contributed by atoms with Crippen molar-refractivity contribution in [2.45, 2.75) is 39.2 Å². The number of nitrogens with zero attached hydrogens (tertiary/aromatic N) is 2. The highest BCUT2D eigenvalue weighted by atomic mass is 16.5. The Morgan fingerprint density at radius 3 is 2.39 bits per heavy atom. The van der Waals surface area contributed by atoms with Crippen LogP contribution >= 0.6 is 0 Å². The molecule has 1 amide bonds. The van der Waals surface area contributed by atoms with Crippen LogP contribution in [0.25, 0.3) is 0 Å². The van der Waals surface area contributed by atoms with Crippen LogP contribution in [0.1, 0.15) is 33.3 Å². The molecular weight excluding hydrogens is 354 g/mol. The Balaban J connectivity index is 1.55. The number of amides is 1. The molecule has 0 saturated carbocycles. The second-order valence-electron chi connectivity index (χ2n) is 8.03. The third kappa shape index (κ3) is 5.23. The van der Waals surface area contributed by atoms with E-state index in [2.05, 4.69) is 36.0 Å². The molecule has 6 nitrogen and oxygen atoms in total. The van der Waals surface area contributed by atoms with Crippen LogP contribution in [0.15, 0.2) is 42.6 Å². The third-order valence-corrected chi connectivity index (χ3v) is 4.75. The van der Waals surface area contributed by atoms with Gasteiger partial charge in [-0.15, -0.1) is 0 Å². The lowest BCUT2D eigenvalue weighted by Gasteiger charge is -2.27. The van der Waals surface area contributed by atoms with Crippen molar-refractivity contribution in [1.82, 2.24) is 4.98 Å². The number of benzene rings is 1. The fraction of sp³-hybridized carbons (Fsp3) is 0.455. The summed E-state index contributed by atoms with van der Waals surface area (Å²) in [5.41, 5.74) is 1.96. The van der Waals surface area contributed by atoms with Crippen LogP contribution in [0, 0.1) is 0 Å². The van der Waals surface area contributed by atoms with Gasteiger partial charge in [-0.1, -0.05) is 32.9 Å². The van der Waals surface area contributed by atoms with E-state index in [1.165, 1.54) is 5.56 Å². The molecule has 2 heterocycles. The predicted octanol–water partition coefficient (Wildman–Crippen LogP) is 3.62. The van der Waals surface area contributed by atoms with Gasteiger partial charge in [0.15, 0.2) is 6.10 Å². The fourth-order valence-corrected chi connectivity index (χ4v) is 2.97. The summed E-state index contributed by atoms with van der Waals surface area (Å²) in [6.45, 7) is 11.3. The molecule has 1 aliphatic heterocycles. The van der Waals surface area contributed by atoms with Crippen molar-refractivity contribution in [1.29, 1.82) is 0 Å². The lowest BCUT2D eigenvalue weighted by Crippen LogP contribution is -2.36. The van der Waals surface area contributed by atoms with E-state index >= 15 is 0 Å². The summed E-state index contributed by atoms with van der Waals surface area (Å²) in [4.78, 5) is 19.1. The highest BCUT2D eigenvalue weighted by molar-refractivity contribution is 5.94. The van der Waals surface area contributed by atoms with E-state index in [-0.39, 0.29) is 11.3 Å². The lowest BCUT2D eigenvalue weighted by molar-refractivity contribution is -0.122. The van der Waals surface area contributed by atoms with Crippen LogP contribution in [-0.2, 0) is 14.9 Å². The molecule has 1 N–H and O–H groups in total. The van der Waals surface area contributed by atoms with Crippen molar-refractivity contribution in [2.75, 3.05) is 36.5 Å². The van der Waals surface area contributed by atoms with E-state index in [1.54, 1.807) is 13.1 Å². The van der Waals surface area contributed by atoms with Crippen LogP contribution in [0.3, 0.4) is 0 Å². The largest absolute Gasteiger partial charge is 0.481 e. The number of carbonyl (C=O) groups is 1. The molecule has 3 rings (SSSR count). The van der Waals surface area contributed by atoms with E-state index < -0.39 is 6.10 Å². The summed E-state index contributed by atoms with van der Waals surface area (Å²) < 4.78 is 11.1. The van der Waals surface area contributed by atoms with E-state index in [1.807, 2.05) is 36.4 Å². The van der Waals surface area contributed by atoms with Crippen LogP contribution in [-0.4, -0.2) is 43.3 Å². The van der Waals surface area contributed by atoms with Gasteiger partial charge in [0.25, 0.3) is 5.91 Å². The maximum absolute atomic E-state index is 12.4. The molecule has 150 valence electrons. The lowest BCUT2D eigenvalue weighted by atomic mass is 9.87. The summed E-state index contributed by atoms with van der Waals surface area (Å²) >= 11 is 0. The van der Waals surface area contributed by atoms with Crippen LogP contribution in [0.5, 0.6) is 5.75 Å². The van der Waals surface area contributed by atoms with Crippen molar-refractivity contribution in [2.24, 2.45) is 0 Å². The van der Waals surface area contributed by atoms with Crippen molar-refractivity contribution >= 4 is 17.4 Å². The minimum atomic E-state index is -0.612. The van der Waals surface area contributed by atoms with Crippen LogP contribution in [0.4, 0.5) is 11.5 Å². The molecule has 1 atom stereocenters. The Labute approximate surface area is 166 Å². The van der Waals surface area contributed by atoms with Gasteiger partial charge in [-0.3, -0.25) is 4.79 Å². The maximum atomic E-state index is 12.4. The van der Waals surface area contributed by atoms with Gasteiger partial charge >= 0.3 is 0 Å². The van der Waals surface area contributed by atoms with Gasteiger partial charge < -0.3 is 19.7 Å². The normalized spacial score (nSPS) is 15.8. The first-order chi connectivity index (χ1) is 13.3. The van der Waals surface area contributed by atoms with Crippen molar-refractivity contribution in [3.63, 3.8) is 0 Å². The van der Waals surface area contributed by atoms with Gasteiger partial charge in [0.1, 0.15) is 11.6 Å². The van der Waals surface area contributed by atoms with Gasteiger partial charge in [0.05, 0.1) is 25.1 Å². The number of morpholine rings is 1. The number of rotatable bonds is 5. The predicted molar refractivity (Wildman–Crippen MR) is 111 cm³/mol. The molecule has 1 aliphatic rings. The number of pyridine rings is 1. The van der Waals surface area contributed by atoms with Gasteiger partial charge in [-0.05, 0) is 42.2 Å². The molecule has 1 aromatic heterocycles. The summed E-state index contributed by atoms with van der Waals surface area (Å²) in [6, 6.07) is 11.7. The van der Waals surface area contributed by atoms with E-state index in [9.17, 15) is 4.79 Å². The Hall–Kier alpha value is -2.60. The zero-order chi connectivity index (χ0) is 20.1. The average molecular weight is 383 g/mol. The van der Waals surface area contributed by atoms with Gasteiger partial charge in [0.2, 0.25) is 0 Å². The summed E-state index contributed by atoms with van der Waals surface area (Å²) in [6.07, 6.45) is 1.06. The first-order valence-corrected chi connectivity index (χ1v) is 9.70. The Bertz CT molecular complexity index is 776. The number of nitrogens with one attached hydrogen (secondary N) is 1. The molecule has 6 heteroatoms. The topological polar surface area (TPSA) is 63.7 Å². The number of hydrogen-bond donors (Lipinski definition) is 1. The number of ether oxygens (including phenoxy) is 2. The molecule has 0 radical (unpaired) electrons. The summed E-state index contributed by atoms with van der Waals surface area (Å²) in [5.74, 6) is 1.36. The van der Waals surface area contributed by atoms with Gasteiger partial charge in [0, 0.05) is 13.1 Å². The molecule has 0 bridgehead atoms. The summed E-state index contributed by atoms with van der Waals surface area (Å²) in [7, 11) is 0. The van der Waals surface area contributed by atoms with Crippen molar-refractivity contribution in [3.05, 3.63) is 48.2 Å². The monoisotopic (exact) mass is 383 g/mol. The van der Waals surface area contributed by atoms with Crippen LogP contribution in [0.2, 0.25) is 0 Å². The minimum absolute atomic E-state index is 0.0852. The SMILES string of the molecule is CC(Oc1ccc(C(C)(C)C)cc1)C(=O)Nc1ccc(N2CCOCC2)nc1. The number of carbonyl (C=O) groups excluding carboxylic acids is 1. The zero-order valence-electron chi connectivity index (χ0n) is 17.1. The highest BCUT2D eigenvalue weighted by Gasteiger charge is 2.17. The van der Waals surface area contributed by atoms with Crippen LogP contribution < -0.4 is 15.0 Å². The van der Waals surface area contributed by atoms with E-state index in [0.717, 1.165) is 18.9 Å². The molecule has 1 aromatic carbocycles. The molecule has 1 unspecified atom stereocenters. The van der Waals surface area contributed by atoms with Gasteiger partial charge in [-0.25, -0.2) is 4.98 Å². The Morgan fingerprint density at radius 1 is 1.14 bits per heavy atom. The summed E-state index contributed by atoms with van der Waals surface area (Å²) in [5, 5.41) is 2.86. The highest BCUT2D eigenvalue weighted by Crippen LogP contribution is 2.25. The molecule has 1 fully saturated rings. The molecule has 28 heavy (non-hydrogen) atoms. The molecule has 0 aliphatic carbocycles. The molecule has 1 saturated heterocycles. The second kappa shape index (κ2) is 8.61. The Morgan fingerprint density at radius 2 is 1.82 bits per heavy atom. The van der Waals surface area contributed by atoms with E-state index in [0.29, 0.717) is 24.7 Å². The zero-order valence-corrected chi connectivity index (χ0v) is 17.1. The number of anilines is 2. The number of aromatic nitrogens is 1. The first-order valence-electron chi connectivity index (χ1n) is 9.70. The number of hydrogen-bond acceptors (Lipinski definition) is 5. The third-order valence-electron chi connectivity index (χ3n) is 4.75. The van der Waals surface area contributed by atoms with E-state index in [4.69, 9.17) is 9.47 Å². The smallest absolute Gasteiger partial charge is 0.265 e. The maximum Gasteiger partial charge on any atom is 0.265 e. The van der Waals surface area contributed by atoms with Crippen molar-refractivity contribution < 1.29 is 14.3 Å². The second-order valence-corrected chi connectivity index (χ2v) is 8.03. The average Bonchev–Trinajstić information content (AvgIpc) is 2.69. The fourth-order valence-electron chi connectivity index (χ4n) is 2.97. The first kappa shape index (κ1) is 20.1. The molecular formula is C22H29N3O3. The van der Waals surface area contributed by atoms with Crippen molar-refractivity contribution in [3.8, 4) is 5.75 Å². The quantitative estimate of drug-likeness (QED) is 0.854. The minimum Gasteiger partial charge on any atom is -0.481 e. The molecule has 0 spiro atoms. The Kier molecular flexibility index (Phi) is 6.19. The molecule has 2 aromatic rings. The standard InChI is InChI=1S/C22H29N3O3/c1-16(28-19-8-5-17(6-9-19)22(2,3)4)21(26)24-18-7-10-20(23-15-18)25-11-13-27-14-12-25/h5-10,15-16H,11-14H2,1-4H3,(H,24,26). The van der Waals surface area contributed by atoms with Gasteiger partial charge in [-0.2, -0.15) is 0 Å².